The molecule has 1 atom stereocenters. The molecule has 3 aromatic rings. The minimum absolute atomic E-state index is 0.0749. The Labute approximate surface area is 166 Å². The van der Waals surface area contributed by atoms with Gasteiger partial charge in [-0.25, -0.2) is 14.3 Å². The Balaban J connectivity index is 1.68. The third-order valence-electron chi connectivity index (χ3n) is 5.14. The number of hydrogen-bond donors (Lipinski definition) is 3. The molecule has 2 amide bonds. The van der Waals surface area contributed by atoms with E-state index in [1.807, 2.05) is 12.1 Å². The summed E-state index contributed by atoms with van der Waals surface area (Å²) >= 11 is 0. The van der Waals surface area contributed by atoms with Crippen molar-refractivity contribution in [3.05, 3.63) is 42.5 Å². The average molecular weight is 395 g/mol. The van der Waals surface area contributed by atoms with Crippen LogP contribution in [-0.2, 0) is 0 Å². The number of carbonyl (C=O) groups excluding carboxylic acids is 1. The monoisotopic (exact) mass is 395 g/mol. The number of pyridine rings is 1. The Kier molecular flexibility index (Phi) is 4.98. The van der Waals surface area contributed by atoms with Crippen molar-refractivity contribution in [2.24, 2.45) is 5.92 Å². The molecule has 0 aromatic carbocycles. The zero-order valence-corrected chi connectivity index (χ0v) is 15.7. The number of likely N-dealkylation sites (tertiary alicyclic amines) is 1. The highest BCUT2D eigenvalue weighted by molar-refractivity contribution is 6.05. The number of nitrogens with one attached hydrogen (secondary N) is 1. The molecule has 1 fully saturated rings. The van der Waals surface area contributed by atoms with Crippen LogP contribution in [0.3, 0.4) is 0 Å². The van der Waals surface area contributed by atoms with Crippen molar-refractivity contribution in [1.29, 1.82) is 0 Å². The second-order valence-corrected chi connectivity index (χ2v) is 7.03. The second-order valence-electron chi connectivity index (χ2n) is 7.03. The quantitative estimate of drug-likeness (QED) is 0.608. The zero-order chi connectivity index (χ0) is 20.4. The lowest BCUT2D eigenvalue weighted by molar-refractivity contribution is 0.0676. The molecule has 0 aliphatic carbocycles. The summed E-state index contributed by atoms with van der Waals surface area (Å²) in [6.07, 6.45) is 5.33. The number of hydrogen-bond acceptors (Lipinski definition) is 6. The van der Waals surface area contributed by atoms with E-state index in [1.54, 1.807) is 27.9 Å². The Morgan fingerprint density at radius 3 is 2.86 bits per heavy atom. The lowest BCUT2D eigenvalue weighted by Crippen LogP contribution is -2.43. The maximum Gasteiger partial charge on any atom is 0.404 e. The van der Waals surface area contributed by atoms with Crippen LogP contribution in [0, 0.1) is 5.92 Å². The zero-order valence-electron chi connectivity index (χ0n) is 15.7. The Morgan fingerprint density at radius 2 is 2.10 bits per heavy atom. The highest BCUT2D eigenvalue weighted by atomic mass is 16.4. The van der Waals surface area contributed by atoms with Crippen LogP contribution in [0.2, 0.25) is 0 Å². The van der Waals surface area contributed by atoms with Gasteiger partial charge in [0.1, 0.15) is 11.8 Å². The smallest absolute Gasteiger partial charge is 0.404 e. The van der Waals surface area contributed by atoms with Crippen LogP contribution in [0.15, 0.2) is 36.9 Å². The fourth-order valence-electron chi connectivity index (χ4n) is 3.78. The van der Waals surface area contributed by atoms with Crippen LogP contribution in [0.4, 0.5) is 10.6 Å². The molecule has 0 radical (unpaired) electrons. The summed E-state index contributed by atoms with van der Waals surface area (Å²) in [5.41, 5.74) is 8.57. The molecule has 150 valence electrons. The molecular formula is C19H21N7O3. The fourth-order valence-corrected chi connectivity index (χ4v) is 3.78. The highest BCUT2D eigenvalue weighted by Gasteiger charge is 2.28. The number of nitrogens with two attached hydrogens (primary N) is 1. The Bertz CT molecular complexity index is 1050. The minimum Gasteiger partial charge on any atom is -0.465 e. The van der Waals surface area contributed by atoms with E-state index in [2.05, 4.69) is 20.4 Å². The molecule has 0 saturated carbocycles. The normalized spacial score (nSPS) is 16.7. The number of piperidine rings is 1. The van der Waals surface area contributed by atoms with Gasteiger partial charge in [0.2, 0.25) is 0 Å². The molecule has 3 aromatic heterocycles. The Morgan fingerprint density at radius 1 is 1.31 bits per heavy atom. The lowest BCUT2D eigenvalue weighted by Gasteiger charge is -2.32. The summed E-state index contributed by atoms with van der Waals surface area (Å²) in [5.74, 6) is 0.139. The van der Waals surface area contributed by atoms with Crippen LogP contribution < -0.4 is 11.1 Å². The van der Waals surface area contributed by atoms with Crippen molar-refractivity contribution in [2.75, 3.05) is 25.4 Å². The number of fused-ring (bicyclic) bond motifs is 1. The van der Waals surface area contributed by atoms with Gasteiger partial charge >= 0.3 is 6.09 Å². The van der Waals surface area contributed by atoms with Crippen LogP contribution in [-0.4, -0.2) is 61.2 Å². The van der Waals surface area contributed by atoms with Crippen molar-refractivity contribution >= 4 is 23.3 Å². The molecule has 1 aliphatic heterocycles. The molecule has 10 heteroatoms. The van der Waals surface area contributed by atoms with E-state index in [4.69, 9.17) is 10.8 Å². The second kappa shape index (κ2) is 7.74. The molecular weight excluding hydrogens is 374 g/mol. The van der Waals surface area contributed by atoms with E-state index >= 15 is 0 Å². The van der Waals surface area contributed by atoms with E-state index < -0.39 is 6.09 Å². The topological polar surface area (TPSA) is 139 Å². The number of nitrogens with zero attached hydrogens (tertiary/aromatic N) is 5. The standard InChI is InChI=1S/C19H21N7O3/c20-17-16-14(18(27)25-7-1-2-12(10-25)9-22-19(28)29)8-15(26(16)24-11-23-17)13-3-5-21-6-4-13/h3-6,8,11-12,22H,1-2,7,9-10H2,(H,28,29)(H2,20,23,24). The van der Waals surface area contributed by atoms with E-state index in [0.717, 1.165) is 24.1 Å². The molecule has 4 rings (SSSR count). The van der Waals surface area contributed by atoms with Crippen LogP contribution >= 0.6 is 0 Å². The van der Waals surface area contributed by atoms with Gasteiger partial charge in [-0.3, -0.25) is 9.78 Å². The molecule has 29 heavy (non-hydrogen) atoms. The number of carbonyl (C=O) groups is 2. The predicted octanol–water partition coefficient (Wildman–Crippen LogP) is 1.49. The van der Waals surface area contributed by atoms with Gasteiger partial charge in [-0.05, 0) is 37.0 Å². The number of carboxylic acid groups (broad SMARTS) is 1. The van der Waals surface area contributed by atoms with Gasteiger partial charge in [0.05, 0.1) is 11.3 Å². The van der Waals surface area contributed by atoms with Gasteiger partial charge in [0.25, 0.3) is 5.91 Å². The van der Waals surface area contributed by atoms with Crippen molar-refractivity contribution in [1.82, 2.24) is 29.8 Å². The number of rotatable bonds is 4. The number of amides is 2. The first-order valence-corrected chi connectivity index (χ1v) is 9.33. The van der Waals surface area contributed by atoms with Gasteiger partial charge in [0.15, 0.2) is 5.82 Å². The summed E-state index contributed by atoms with van der Waals surface area (Å²) in [4.78, 5) is 34.0. The maximum atomic E-state index is 13.3. The van der Waals surface area contributed by atoms with Crippen molar-refractivity contribution < 1.29 is 14.7 Å². The summed E-state index contributed by atoms with van der Waals surface area (Å²) in [7, 11) is 0. The molecule has 4 N–H and O–H groups in total. The third-order valence-corrected chi connectivity index (χ3v) is 5.14. The fraction of sp³-hybridized carbons (Fsp3) is 0.316. The van der Waals surface area contributed by atoms with Crippen molar-refractivity contribution in [3.8, 4) is 11.3 Å². The first-order chi connectivity index (χ1) is 14.0. The molecule has 1 unspecified atom stereocenters. The lowest BCUT2D eigenvalue weighted by atomic mass is 9.97. The van der Waals surface area contributed by atoms with Gasteiger partial charge in [0, 0.05) is 37.6 Å². The predicted molar refractivity (Wildman–Crippen MR) is 105 cm³/mol. The first kappa shape index (κ1) is 18.7. The van der Waals surface area contributed by atoms with Gasteiger partial charge in [-0.15, -0.1) is 0 Å². The van der Waals surface area contributed by atoms with Crippen LogP contribution in [0.1, 0.15) is 23.2 Å². The summed E-state index contributed by atoms with van der Waals surface area (Å²) < 4.78 is 1.62. The minimum atomic E-state index is -1.06. The molecule has 4 heterocycles. The SMILES string of the molecule is Nc1ncnn2c(-c3ccncc3)cc(C(=O)N3CCCC(CNC(=O)O)C3)c12. The summed E-state index contributed by atoms with van der Waals surface area (Å²) in [6, 6.07) is 5.45. The average Bonchev–Trinajstić information content (AvgIpc) is 3.13. The van der Waals surface area contributed by atoms with Gasteiger partial charge < -0.3 is 21.1 Å². The summed E-state index contributed by atoms with van der Waals surface area (Å²) in [5, 5.41) is 15.5. The van der Waals surface area contributed by atoms with Gasteiger partial charge in [-0.1, -0.05) is 0 Å². The number of anilines is 1. The van der Waals surface area contributed by atoms with Crippen molar-refractivity contribution in [3.63, 3.8) is 0 Å². The molecule has 0 spiro atoms. The van der Waals surface area contributed by atoms with E-state index in [9.17, 15) is 9.59 Å². The van der Waals surface area contributed by atoms with Gasteiger partial charge in [-0.2, -0.15) is 5.10 Å². The van der Waals surface area contributed by atoms with Crippen LogP contribution in [0.25, 0.3) is 16.8 Å². The summed E-state index contributed by atoms with van der Waals surface area (Å²) in [6.45, 7) is 1.41. The van der Waals surface area contributed by atoms with E-state index in [1.165, 1.54) is 6.33 Å². The first-order valence-electron chi connectivity index (χ1n) is 9.33. The van der Waals surface area contributed by atoms with Crippen molar-refractivity contribution in [2.45, 2.75) is 12.8 Å². The number of nitrogen functional groups attached to an aromatic ring is 1. The van der Waals surface area contributed by atoms with E-state index in [-0.39, 0.29) is 17.6 Å². The van der Waals surface area contributed by atoms with Crippen LogP contribution in [0.5, 0.6) is 0 Å². The highest BCUT2D eigenvalue weighted by Crippen LogP contribution is 2.29. The molecule has 1 saturated heterocycles. The maximum absolute atomic E-state index is 13.3. The molecule has 0 bridgehead atoms. The Hall–Kier alpha value is -3.69. The van der Waals surface area contributed by atoms with E-state index in [0.29, 0.717) is 30.7 Å². The molecule has 10 nitrogen and oxygen atoms in total. The third kappa shape index (κ3) is 3.68. The molecule has 1 aliphatic rings. The largest absolute Gasteiger partial charge is 0.465 e. The number of aromatic nitrogens is 4.